The summed E-state index contributed by atoms with van der Waals surface area (Å²) < 4.78 is 0. The van der Waals surface area contributed by atoms with Gasteiger partial charge in [-0.1, -0.05) is 0 Å². The number of carbonyl (C=O) groups is 1. The summed E-state index contributed by atoms with van der Waals surface area (Å²) in [5.74, 6) is 0.304. The Balaban J connectivity index is 0.00000220. The Hall–Kier alpha value is -1.11. The van der Waals surface area contributed by atoms with Crippen molar-refractivity contribution in [3.63, 3.8) is 0 Å². The van der Waals surface area contributed by atoms with Crippen molar-refractivity contribution < 1.29 is 4.79 Å². The van der Waals surface area contributed by atoms with Crippen molar-refractivity contribution in [2.45, 2.75) is 45.1 Å². The minimum absolute atomic E-state index is 0. The van der Waals surface area contributed by atoms with Crippen LogP contribution in [0.5, 0.6) is 0 Å². The fourth-order valence-electron chi connectivity index (χ4n) is 2.91. The number of H-pyrrole nitrogens is 1. The molecule has 0 radical (unpaired) electrons. The van der Waals surface area contributed by atoms with Crippen molar-refractivity contribution >= 4 is 24.0 Å². The SMILES string of the molecule is CC(=O)Nc1cn[nH]c1C1CCCN(CC(C)(C)N)C1.Cl. The number of likely N-dealkylation sites (tertiary alicyclic amines) is 1. The molecule has 1 atom stereocenters. The fraction of sp³-hybridized carbons (Fsp3) is 0.714. The number of rotatable bonds is 4. The van der Waals surface area contributed by atoms with Gasteiger partial charge in [-0.3, -0.25) is 9.89 Å². The molecule has 7 heteroatoms. The van der Waals surface area contributed by atoms with E-state index in [1.807, 2.05) is 0 Å². The Bertz CT molecular complexity index is 468. The van der Waals surface area contributed by atoms with Crippen molar-refractivity contribution in [3.05, 3.63) is 11.9 Å². The Morgan fingerprint density at radius 3 is 2.95 bits per heavy atom. The maximum atomic E-state index is 11.2. The molecule has 1 aliphatic heterocycles. The average molecular weight is 316 g/mol. The van der Waals surface area contributed by atoms with Gasteiger partial charge in [-0.25, -0.2) is 0 Å². The summed E-state index contributed by atoms with van der Waals surface area (Å²) in [5.41, 5.74) is 7.75. The number of aromatic amines is 1. The second kappa shape index (κ2) is 7.24. The predicted octanol–water partition coefficient (Wildman–Crippen LogP) is 1.71. The quantitative estimate of drug-likeness (QED) is 0.789. The number of halogens is 1. The topological polar surface area (TPSA) is 87.0 Å². The maximum absolute atomic E-state index is 11.2. The van der Waals surface area contributed by atoms with E-state index in [9.17, 15) is 4.79 Å². The number of nitrogens with one attached hydrogen (secondary N) is 2. The minimum atomic E-state index is -0.184. The third-order valence-electron chi connectivity index (χ3n) is 3.52. The summed E-state index contributed by atoms with van der Waals surface area (Å²) in [6, 6.07) is 0. The van der Waals surface area contributed by atoms with Crippen LogP contribution in [0, 0.1) is 0 Å². The van der Waals surface area contributed by atoms with Crippen molar-refractivity contribution in [1.82, 2.24) is 15.1 Å². The Morgan fingerprint density at radius 2 is 2.33 bits per heavy atom. The van der Waals surface area contributed by atoms with E-state index in [2.05, 4.69) is 34.3 Å². The average Bonchev–Trinajstić information content (AvgIpc) is 2.74. The van der Waals surface area contributed by atoms with Crippen molar-refractivity contribution in [1.29, 1.82) is 0 Å². The molecule has 1 amide bonds. The molecule has 1 aliphatic rings. The van der Waals surface area contributed by atoms with Crippen LogP contribution in [-0.2, 0) is 4.79 Å². The highest BCUT2D eigenvalue weighted by atomic mass is 35.5. The first-order chi connectivity index (χ1) is 9.35. The van der Waals surface area contributed by atoms with Gasteiger partial charge in [0.25, 0.3) is 0 Å². The second-order valence-corrected chi connectivity index (χ2v) is 6.44. The number of carbonyl (C=O) groups excluding carboxylic acids is 1. The van der Waals surface area contributed by atoms with Crippen LogP contribution in [-0.4, -0.2) is 46.2 Å². The van der Waals surface area contributed by atoms with Crippen molar-refractivity contribution in [3.8, 4) is 0 Å². The molecule has 1 aromatic heterocycles. The van der Waals surface area contributed by atoms with Crippen LogP contribution >= 0.6 is 12.4 Å². The van der Waals surface area contributed by atoms with E-state index >= 15 is 0 Å². The smallest absolute Gasteiger partial charge is 0.221 e. The predicted molar refractivity (Wildman–Crippen MR) is 86.8 cm³/mol. The maximum Gasteiger partial charge on any atom is 0.221 e. The molecule has 1 aromatic rings. The number of hydrogen-bond donors (Lipinski definition) is 3. The molecule has 4 N–H and O–H groups in total. The van der Waals surface area contributed by atoms with Crippen LogP contribution in [0.25, 0.3) is 0 Å². The fourth-order valence-corrected chi connectivity index (χ4v) is 2.91. The van der Waals surface area contributed by atoms with E-state index in [1.165, 1.54) is 6.92 Å². The summed E-state index contributed by atoms with van der Waals surface area (Å²) in [4.78, 5) is 13.6. The van der Waals surface area contributed by atoms with E-state index in [1.54, 1.807) is 6.20 Å². The van der Waals surface area contributed by atoms with Gasteiger partial charge in [0.1, 0.15) is 0 Å². The van der Waals surface area contributed by atoms with Gasteiger partial charge in [-0.2, -0.15) is 5.10 Å². The second-order valence-electron chi connectivity index (χ2n) is 6.44. The van der Waals surface area contributed by atoms with E-state index in [0.29, 0.717) is 5.92 Å². The molecule has 0 saturated carbocycles. The number of anilines is 1. The van der Waals surface area contributed by atoms with Crippen molar-refractivity contribution in [2.75, 3.05) is 25.0 Å². The molecule has 120 valence electrons. The lowest BCUT2D eigenvalue weighted by molar-refractivity contribution is -0.114. The number of hydrogen-bond acceptors (Lipinski definition) is 4. The first-order valence-electron chi connectivity index (χ1n) is 7.17. The van der Waals surface area contributed by atoms with Gasteiger partial charge >= 0.3 is 0 Å². The zero-order valence-electron chi connectivity index (χ0n) is 13.0. The highest BCUT2D eigenvalue weighted by Crippen LogP contribution is 2.30. The molecule has 0 aromatic carbocycles. The largest absolute Gasteiger partial charge is 0.324 e. The van der Waals surface area contributed by atoms with Gasteiger partial charge in [-0.05, 0) is 33.2 Å². The zero-order chi connectivity index (χ0) is 14.8. The molecular weight excluding hydrogens is 290 g/mol. The minimum Gasteiger partial charge on any atom is -0.324 e. The monoisotopic (exact) mass is 315 g/mol. The summed E-state index contributed by atoms with van der Waals surface area (Å²) >= 11 is 0. The summed E-state index contributed by atoms with van der Waals surface area (Å²) in [7, 11) is 0. The molecule has 6 nitrogen and oxygen atoms in total. The lowest BCUT2D eigenvalue weighted by Crippen LogP contribution is -2.48. The van der Waals surface area contributed by atoms with E-state index in [4.69, 9.17) is 5.73 Å². The molecule has 0 aliphatic carbocycles. The van der Waals surface area contributed by atoms with Gasteiger partial charge < -0.3 is 16.0 Å². The van der Waals surface area contributed by atoms with E-state index in [0.717, 1.165) is 43.9 Å². The highest BCUT2D eigenvalue weighted by Gasteiger charge is 2.27. The number of piperidine rings is 1. The summed E-state index contributed by atoms with van der Waals surface area (Å²) in [5, 5.41) is 9.95. The third kappa shape index (κ3) is 5.30. The number of nitrogens with zero attached hydrogens (tertiary/aromatic N) is 2. The molecule has 0 spiro atoms. The van der Waals surface area contributed by atoms with Gasteiger partial charge in [0, 0.05) is 31.5 Å². The van der Waals surface area contributed by atoms with Crippen LogP contribution in [0.15, 0.2) is 6.20 Å². The lowest BCUT2D eigenvalue weighted by atomic mass is 9.92. The number of aromatic nitrogens is 2. The molecule has 2 rings (SSSR count). The Labute approximate surface area is 132 Å². The molecule has 21 heavy (non-hydrogen) atoms. The molecular formula is C14H26ClN5O. The Morgan fingerprint density at radius 1 is 1.62 bits per heavy atom. The number of amides is 1. The molecule has 1 unspecified atom stereocenters. The van der Waals surface area contributed by atoms with Gasteiger partial charge in [0.2, 0.25) is 5.91 Å². The standard InChI is InChI=1S/C14H25N5O.ClH/c1-10(20)17-12-7-16-18-13(12)11-5-4-6-19(8-11)9-14(2,3)15;/h7,11H,4-6,8-9,15H2,1-3H3,(H,16,18)(H,17,20);1H. The van der Waals surface area contributed by atoms with Crippen LogP contribution in [0.3, 0.4) is 0 Å². The normalized spacial score (nSPS) is 19.9. The lowest BCUT2D eigenvalue weighted by Gasteiger charge is -2.36. The van der Waals surface area contributed by atoms with E-state index < -0.39 is 0 Å². The van der Waals surface area contributed by atoms with Crippen LogP contribution in [0.1, 0.15) is 45.2 Å². The molecule has 0 bridgehead atoms. The summed E-state index contributed by atoms with van der Waals surface area (Å²) in [6.07, 6.45) is 3.93. The third-order valence-corrected chi connectivity index (χ3v) is 3.52. The Kier molecular flexibility index (Phi) is 6.19. The molecule has 1 fully saturated rings. The summed E-state index contributed by atoms with van der Waals surface area (Å²) in [6.45, 7) is 8.54. The molecule has 2 heterocycles. The molecule has 1 saturated heterocycles. The number of nitrogens with two attached hydrogens (primary N) is 1. The van der Waals surface area contributed by atoms with Gasteiger partial charge in [-0.15, -0.1) is 12.4 Å². The van der Waals surface area contributed by atoms with Crippen LogP contribution < -0.4 is 11.1 Å². The van der Waals surface area contributed by atoms with E-state index in [-0.39, 0.29) is 23.9 Å². The van der Waals surface area contributed by atoms with Crippen LogP contribution in [0.4, 0.5) is 5.69 Å². The van der Waals surface area contributed by atoms with Crippen LogP contribution in [0.2, 0.25) is 0 Å². The zero-order valence-corrected chi connectivity index (χ0v) is 13.8. The first-order valence-corrected chi connectivity index (χ1v) is 7.17. The van der Waals surface area contributed by atoms with Gasteiger partial charge in [0.15, 0.2) is 0 Å². The highest BCUT2D eigenvalue weighted by molar-refractivity contribution is 5.89. The van der Waals surface area contributed by atoms with Gasteiger partial charge in [0.05, 0.1) is 17.6 Å². The first kappa shape index (κ1) is 17.9. The van der Waals surface area contributed by atoms with Crippen molar-refractivity contribution in [2.24, 2.45) is 5.73 Å².